The Morgan fingerprint density at radius 2 is 1.84 bits per heavy atom. The molecule has 7 heteroatoms. The van der Waals surface area contributed by atoms with E-state index < -0.39 is 17.5 Å². The van der Waals surface area contributed by atoms with Gasteiger partial charge in [-0.15, -0.1) is 11.8 Å². The summed E-state index contributed by atoms with van der Waals surface area (Å²) >= 11 is 1.01. The average Bonchev–Trinajstić information content (AvgIpc) is 2.39. The highest BCUT2D eigenvalue weighted by atomic mass is 32.2. The van der Waals surface area contributed by atoms with Gasteiger partial charge in [0.15, 0.2) is 11.6 Å². The van der Waals surface area contributed by atoms with Gasteiger partial charge in [0.25, 0.3) is 0 Å². The molecule has 4 nitrogen and oxygen atoms in total. The molecule has 0 saturated carbocycles. The number of halogens is 2. The highest BCUT2D eigenvalue weighted by Crippen LogP contribution is 2.20. The summed E-state index contributed by atoms with van der Waals surface area (Å²) in [5.74, 6) is -2.39. The lowest BCUT2D eigenvalue weighted by Crippen LogP contribution is -2.33. The van der Waals surface area contributed by atoms with Crippen molar-refractivity contribution in [1.29, 1.82) is 10.5 Å². The first kappa shape index (κ1) is 14.9. The van der Waals surface area contributed by atoms with E-state index >= 15 is 0 Å². The monoisotopic (exact) mass is 281 g/mol. The molecule has 0 aliphatic carbocycles. The van der Waals surface area contributed by atoms with E-state index in [2.05, 4.69) is 0 Å². The minimum Gasteiger partial charge on any atom is -0.315 e. The van der Waals surface area contributed by atoms with Gasteiger partial charge >= 0.3 is 0 Å². The van der Waals surface area contributed by atoms with Gasteiger partial charge in [0.2, 0.25) is 5.91 Å². The van der Waals surface area contributed by atoms with Gasteiger partial charge in [0.05, 0.1) is 17.9 Å². The van der Waals surface area contributed by atoms with E-state index in [9.17, 15) is 13.6 Å². The minimum absolute atomic E-state index is 0.0472. The first-order chi connectivity index (χ1) is 9.08. The third-order valence-electron chi connectivity index (χ3n) is 2.13. The Bertz CT molecular complexity index is 535. The zero-order valence-electron chi connectivity index (χ0n) is 9.77. The molecule has 0 atom stereocenters. The van der Waals surface area contributed by atoms with E-state index in [4.69, 9.17) is 10.5 Å². The van der Waals surface area contributed by atoms with Gasteiger partial charge in [-0.05, 0) is 18.2 Å². The molecule has 1 aromatic rings. The largest absolute Gasteiger partial charge is 0.315 e. The SMILES string of the molecule is N#CCN(CC#N)C(=O)CSc1ccc(F)c(F)c1. The fourth-order valence-corrected chi connectivity index (χ4v) is 2.03. The molecule has 0 saturated heterocycles. The number of benzene rings is 1. The van der Waals surface area contributed by atoms with Gasteiger partial charge in [-0.25, -0.2) is 8.78 Å². The number of thioether (sulfide) groups is 1. The molecule has 0 aliphatic rings. The van der Waals surface area contributed by atoms with Crippen molar-refractivity contribution in [2.45, 2.75) is 4.90 Å². The first-order valence-electron chi connectivity index (χ1n) is 5.18. The van der Waals surface area contributed by atoms with Crippen LogP contribution in [-0.4, -0.2) is 29.6 Å². The molecule has 0 aliphatic heterocycles. The molecule has 0 fully saturated rings. The summed E-state index contributed by atoms with van der Waals surface area (Å²) in [5.41, 5.74) is 0. The van der Waals surface area contributed by atoms with Crippen molar-refractivity contribution in [3.63, 3.8) is 0 Å². The topological polar surface area (TPSA) is 67.9 Å². The minimum atomic E-state index is -0.983. The molecule has 1 amide bonds. The summed E-state index contributed by atoms with van der Waals surface area (Å²) in [6.45, 7) is -0.352. The van der Waals surface area contributed by atoms with Crippen LogP contribution < -0.4 is 0 Å². The van der Waals surface area contributed by atoms with Crippen molar-refractivity contribution in [1.82, 2.24) is 4.90 Å². The summed E-state index contributed by atoms with van der Waals surface area (Å²) < 4.78 is 25.6. The second-order valence-electron chi connectivity index (χ2n) is 3.43. The van der Waals surface area contributed by atoms with Crippen molar-refractivity contribution in [3.05, 3.63) is 29.8 Å². The van der Waals surface area contributed by atoms with Crippen LogP contribution in [0.3, 0.4) is 0 Å². The Labute approximate surface area is 113 Å². The maximum Gasteiger partial charge on any atom is 0.234 e. The smallest absolute Gasteiger partial charge is 0.234 e. The van der Waals surface area contributed by atoms with E-state index in [1.165, 1.54) is 6.07 Å². The highest BCUT2D eigenvalue weighted by molar-refractivity contribution is 8.00. The third kappa shape index (κ3) is 4.57. The molecule has 0 spiro atoms. The average molecular weight is 281 g/mol. The van der Waals surface area contributed by atoms with Crippen molar-refractivity contribution >= 4 is 17.7 Å². The maximum atomic E-state index is 12.9. The van der Waals surface area contributed by atoms with Crippen molar-refractivity contribution in [3.8, 4) is 12.1 Å². The molecule has 0 N–H and O–H groups in total. The predicted octanol–water partition coefficient (Wildman–Crippen LogP) is 1.93. The van der Waals surface area contributed by atoms with Gasteiger partial charge in [-0.2, -0.15) is 10.5 Å². The van der Waals surface area contributed by atoms with E-state index in [1.807, 2.05) is 0 Å². The standard InChI is InChI=1S/C12H9F2N3OS/c13-10-2-1-9(7-11(10)14)19-8-12(18)17(5-3-15)6-4-16/h1-2,7H,5-6,8H2. The third-order valence-corrected chi connectivity index (χ3v) is 3.11. The lowest BCUT2D eigenvalue weighted by Gasteiger charge is -2.15. The zero-order valence-corrected chi connectivity index (χ0v) is 10.6. The molecule has 0 unspecified atom stereocenters. The van der Waals surface area contributed by atoms with E-state index in [1.54, 1.807) is 12.1 Å². The van der Waals surface area contributed by atoms with Crippen LogP contribution in [0, 0.1) is 34.3 Å². The molecule has 1 aromatic carbocycles. The number of hydrogen-bond acceptors (Lipinski definition) is 4. The molecule has 98 valence electrons. The van der Waals surface area contributed by atoms with Gasteiger partial charge in [0, 0.05) is 4.90 Å². The van der Waals surface area contributed by atoms with Crippen molar-refractivity contribution in [2.24, 2.45) is 0 Å². The van der Waals surface area contributed by atoms with E-state index in [-0.39, 0.29) is 18.8 Å². The highest BCUT2D eigenvalue weighted by Gasteiger charge is 2.13. The molecular formula is C12H9F2N3OS. The summed E-state index contributed by atoms with van der Waals surface area (Å²) in [6, 6.07) is 6.89. The van der Waals surface area contributed by atoms with Gasteiger partial charge in [-0.1, -0.05) is 0 Å². The van der Waals surface area contributed by atoms with Gasteiger partial charge in [-0.3, -0.25) is 4.79 Å². The van der Waals surface area contributed by atoms with Crippen LogP contribution >= 0.6 is 11.8 Å². The number of carbonyl (C=O) groups is 1. The Morgan fingerprint density at radius 1 is 1.21 bits per heavy atom. The molecule has 0 aromatic heterocycles. The van der Waals surface area contributed by atoms with Gasteiger partial charge in [0.1, 0.15) is 13.1 Å². The van der Waals surface area contributed by atoms with Crippen LogP contribution in [0.15, 0.2) is 23.1 Å². The van der Waals surface area contributed by atoms with Crippen LogP contribution in [-0.2, 0) is 4.79 Å². The van der Waals surface area contributed by atoms with Gasteiger partial charge < -0.3 is 4.90 Å². The van der Waals surface area contributed by atoms with Crippen LogP contribution in [0.1, 0.15) is 0 Å². The number of hydrogen-bond donors (Lipinski definition) is 0. The van der Waals surface area contributed by atoms with Crippen LogP contribution in [0.4, 0.5) is 8.78 Å². The Hall–Kier alpha value is -2.12. The van der Waals surface area contributed by atoms with E-state index in [0.29, 0.717) is 4.90 Å². The number of nitrogens with zero attached hydrogens (tertiary/aromatic N) is 3. The predicted molar refractivity (Wildman–Crippen MR) is 64.9 cm³/mol. The van der Waals surface area contributed by atoms with Crippen LogP contribution in [0.5, 0.6) is 0 Å². The zero-order chi connectivity index (χ0) is 14.3. The Morgan fingerprint density at radius 3 is 2.37 bits per heavy atom. The normalized spacial score (nSPS) is 9.47. The Balaban J connectivity index is 2.60. The fraction of sp³-hybridized carbons (Fsp3) is 0.250. The molecule has 19 heavy (non-hydrogen) atoms. The fourth-order valence-electron chi connectivity index (χ4n) is 1.21. The van der Waals surface area contributed by atoms with Crippen LogP contribution in [0.25, 0.3) is 0 Å². The quantitative estimate of drug-likeness (QED) is 0.611. The summed E-state index contributed by atoms with van der Waals surface area (Å²) in [7, 11) is 0. The van der Waals surface area contributed by atoms with Crippen molar-refractivity contribution < 1.29 is 13.6 Å². The lowest BCUT2D eigenvalue weighted by molar-refractivity contribution is -0.127. The molecule has 0 heterocycles. The lowest BCUT2D eigenvalue weighted by atomic mass is 10.3. The summed E-state index contributed by atoms with van der Waals surface area (Å²) in [5, 5.41) is 17.0. The molecule has 1 rings (SSSR count). The maximum absolute atomic E-state index is 12.9. The molecule has 0 radical (unpaired) electrons. The number of carbonyl (C=O) groups excluding carboxylic acids is 1. The second kappa shape index (κ2) is 7.34. The molecule has 0 bridgehead atoms. The van der Waals surface area contributed by atoms with Crippen molar-refractivity contribution in [2.75, 3.05) is 18.8 Å². The van der Waals surface area contributed by atoms with E-state index in [0.717, 1.165) is 28.8 Å². The molecular weight excluding hydrogens is 272 g/mol. The number of amides is 1. The second-order valence-corrected chi connectivity index (χ2v) is 4.48. The number of rotatable bonds is 5. The summed E-state index contributed by atoms with van der Waals surface area (Å²) in [6.07, 6.45) is 0. The first-order valence-corrected chi connectivity index (χ1v) is 6.16. The summed E-state index contributed by atoms with van der Waals surface area (Å²) in [4.78, 5) is 13.2. The number of nitriles is 2. The van der Waals surface area contributed by atoms with Crippen LogP contribution in [0.2, 0.25) is 0 Å². The Kier molecular flexibility index (Phi) is 5.77.